The zero-order chi connectivity index (χ0) is 14.0. The first-order valence-corrected chi connectivity index (χ1v) is 5.97. The van der Waals surface area contributed by atoms with Crippen LogP contribution >= 0.6 is 0 Å². The Hall–Kier alpha value is -2.15. The number of aliphatic hydroxyl groups is 1. The average Bonchev–Trinajstić information content (AvgIpc) is 2.37. The lowest BCUT2D eigenvalue weighted by molar-refractivity contribution is -0.384. The van der Waals surface area contributed by atoms with E-state index in [2.05, 4.69) is 5.32 Å². The second-order valence-corrected chi connectivity index (χ2v) is 4.45. The fourth-order valence-electron chi connectivity index (χ4n) is 2.06. The minimum Gasteiger partial charge on any atom is -0.389 e. The molecule has 2 N–H and O–H groups in total. The van der Waals surface area contributed by atoms with E-state index in [1.807, 2.05) is 0 Å². The number of nitro groups is 1. The summed E-state index contributed by atoms with van der Waals surface area (Å²) < 4.78 is 0. The van der Waals surface area contributed by atoms with Crippen LogP contribution in [0.4, 0.5) is 11.4 Å². The minimum absolute atomic E-state index is 0.0897. The summed E-state index contributed by atoms with van der Waals surface area (Å²) in [4.78, 5) is 23.6. The van der Waals surface area contributed by atoms with E-state index in [1.165, 1.54) is 6.07 Å². The molecule has 0 spiro atoms. The molecule has 1 fully saturated rings. The molecule has 1 aliphatic heterocycles. The molecule has 1 aliphatic rings. The molecule has 1 saturated heterocycles. The fourth-order valence-corrected chi connectivity index (χ4v) is 2.06. The maximum atomic E-state index is 11.3. The van der Waals surface area contributed by atoms with Crippen LogP contribution in [0.1, 0.15) is 18.6 Å². The molecule has 1 amide bonds. The summed E-state index contributed by atoms with van der Waals surface area (Å²) >= 11 is 0. The van der Waals surface area contributed by atoms with Crippen molar-refractivity contribution in [2.75, 3.05) is 24.5 Å². The predicted octanol–water partition coefficient (Wildman–Crippen LogP) is 0.584. The smallest absolute Gasteiger partial charge is 0.292 e. The van der Waals surface area contributed by atoms with Gasteiger partial charge in [0.2, 0.25) is 5.91 Å². The van der Waals surface area contributed by atoms with Gasteiger partial charge in [-0.2, -0.15) is 0 Å². The first-order chi connectivity index (χ1) is 8.99. The molecule has 0 saturated carbocycles. The summed E-state index contributed by atoms with van der Waals surface area (Å²) in [6.07, 6.45) is -0.766. The SMILES string of the molecule is CC(O)c1ccc(N2CCNC(=O)C2)c([N+](=O)[O-])c1. The molecule has 7 nitrogen and oxygen atoms in total. The Kier molecular flexibility index (Phi) is 3.66. The number of carbonyl (C=O) groups is 1. The maximum Gasteiger partial charge on any atom is 0.292 e. The Morgan fingerprint density at radius 1 is 1.53 bits per heavy atom. The van der Waals surface area contributed by atoms with Gasteiger partial charge in [0, 0.05) is 19.2 Å². The van der Waals surface area contributed by atoms with E-state index in [1.54, 1.807) is 24.0 Å². The minimum atomic E-state index is -0.766. The lowest BCUT2D eigenvalue weighted by atomic mass is 10.1. The van der Waals surface area contributed by atoms with Crippen molar-refractivity contribution in [3.8, 4) is 0 Å². The molecule has 1 heterocycles. The molecule has 1 unspecified atom stereocenters. The largest absolute Gasteiger partial charge is 0.389 e. The molecule has 2 rings (SSSR count). The highest BCUT2D eigenvalue weighted by molar-refractivity contribution is 5.84. The molecular formula is C12H15N3O4. The number of rotatable bonds is 3. The first-order valence-electron chi connectivity index (χ1n) is 5.97. The average molecular weight is 265 g/mol. The van der Waals surface area contributed by atoms with Crippen LogP contribution in [-0.4, -0.2) is 35.6 Å². The Morgan fingerprint density at radius 2 is 2.26 bits per heavy atom. The highest BCUT2D eigenvalue weighted by atomic mass is 16.6. The van der Waals surface area contributed by atoms with E-state index in [-0.39, 0.29) is 18.1 Å². The van der Waals surface area contributed by atoms with E-state index in [9.17, 15) is 20.0 Å². The third-order valence-electron chi connectivity index (χ3n) is 3.06. The molecule has 102 valence electrons. The Labute approximate surface area is 110 Å². The van der Waals surface area contributed by atoms with E-state index < -0.39 is 11.0 Å². The molecule has 1 atom stereocenters. The second kappa shape index (κ2) is 5.23. The molecule has 19 heavy (non-hydrogen) atoms. The monoisotopic (exact) mass is 265 g/mol. The number of hydrogen-bond donors (Lipinski definition) is 2. The van der Waals surface area contributed by atoms with Crippen molar-refractivity contribution in [2.24, 2.45) is 0 Å². The number of amides is 1. The van der Waals surface area contributed by atoms with Crippen LogP contribution in [0.2, 0.25) is 0 Å². The molecule has 1 aromatic rings. The van der Waals surface area contributed by atoms with Gasteiger partial charge < -0.3 is 15.3 Å². The fraction of sp³-hybridized carbons (Fsp3) is 0.417. The van der Waals surface area contributed by atoms with Gasteiger partial charge in [0.05, 0.1) is 17.6 Å². The standard InChI is InChI=1S/C12H15N3O4/c1-8(16)9-2-3-10(11(6-9)15(18)19)14-5-4-13-12(17)7-14/h2-3,6,8,16H,4-5,7H2,1H3,(H,13,17). The summed E-state index contributed by atoms with van der Waals surface area (Å²) in [6, 6.07) is 4.57. The van der Waals surface area contributed by atoms with Crippen LogP contribution < -0.4 is 10.2 Å². The van der Waals surface area contributed by atoms with Gasteiger partial charge in [0.1, 0.15) is 5.69 Å². The van der Waals surface area contributed by atoms with Gasteiger partial charge in [-0.3, -0.25) is 14.9 Å². The van der Waals surface area contributed by atoms with Crippen molar-refractivity contribution in [1.82, 2.24) is 5.32 Å². The first kappa shape index (κ1) is 13.3. The molecule has 0 aliphatic carbocycles. The van der Waals surface area contributed by atoms with E-state index in [4.69, 9.17) is 0 Å². The topological polar surface area (TPSA) is 95.7 Å². The Bertz CT molecular complexity index is 516. The lowest BCUT2D eigenvalue weighted by Gasteiger charge is -2.28. The molecule has 0 radical (unpaired) electrons. The number of nitrogens with one attached hydrogen (secondary N) is 1. The van der Waals surface area contributed by atoms with E-state index in [0.717, 1.165) is 0 Å². The molecule has 1 aromatic carbocycles. The molecule has 0 bridgehead atoms. The van der Waals surface area contributed by atoms with Crippen molar-refractivity contribution >= 4 is 17.3 Å². The van der Waals surface area contributed by atoms with Gasteiger partial charge in [-0.25, -0.2) is 0 Å². The van der Waals surface area contributed by atoms with Crippen molar-refractivity contribution in [2.45, 2.75) is 13.0 Å². The molecule has 0 aromatic heterocycles. The molecule has 7 heteroatoms. The van der Waals surface area contributed by atoms with Gasteiger partial charge in [0.15, 0.2) is 0 Å². The third-order valence-corrected chi connectivity index (χ3v) is 3.06. The number of nitrogens with zero attached hydrogens (tertiary/aromatic N) is 2. The van der Waals surface area contributed by atoms with Crippen LogP contribution in [-0.2, 0) is 4.79 Å². The van der Waals surface area contributed by atoms with Crippen LogP contribution in [0.5, 0.6) is 0 Å². The number of piperazine rings is 1. The highest BCUT2D eigenvalue weighted by Crippen LogP contribution is 2.31. The maximum absolute atomic E-state index is 11.3. The van der Waals surface area contributed by atoms with Crippen LogP contribution in [0.15, 0.2) is 18.2 Å². The molecular weight excluding hydrogens is 250 g/mol. The van der Waals surface area contributed by atoms with Crippen molar-refractivity contribution in [3.63, 3.8) is 0 Å². The summed E-state index contributed by atoms with van der Waals surface area (Å²) in [5.74, 6) is -0.153. The Morgan fingerprint density at radius 3 is 2.84 bits per heavy atom. The summed E-state index contributed by atoms with van der Waals surface area (Å²) in [5, 5.41) is 23.3. The number of nitro benzene ring substituents is 1. The zero-order valence-corrected chi connectivity index (χ0v) is 10.5. The van der Waals surface area contributed by atoms with Crippen molar-refractivity contribution in [1.29, 1.82) is 0 Å². The van der Waals surface area contributed by atoms with Crippen molar-refractivity contribution in [3.05, 3.63) is 33.9 Å². The van der Waals surface area contributed by atoms with Gasteiger partial charge >= 0.3 is 0 Å². The summed E-state index contributed by atoms with van der Waals surface area (Å²) in [6.45, 7) is 2.65. The van der Waals surface area contributed by atoms with Gasteiger partial charge in [-0.1, -0.05) is 6.07 Å². The number of anilines is 1. The number of benzene rings is 1. The van der Waals surface area contributed by atoms with Gasteiger partial charge in [-0.05, 0) is 18.6 Å². The van der Waals surface area contributed by atoms with Crippen LogP contribution in [0, 0.1) is 10.1 Å². The zero-order valence-electron chi connectivity index (χ0n) is 10.5. The van der Waals surface area contributed by atoms with Crippen molar-refractivity contribution < 1.29 is 14.8 Å². The third kappa shape index (κ3) is 2.82. The Balaban J connectivity index is 2.38. The number of aliphatic hydroxyl groups excluding tert-OH is 1. The predicted molar refractivity (Wildman–Crippen MR) is 69.0 cm³/mol. The quantitative estimate of drug-likeness (QED) is 0.615. The number of hydrogen-bond acceptors (Lipinski definition) is 5. The lowest BCUT2D eigenvalue weighted by Crippen LogP contribution is -2.47. The normalized spacial score (nSPS) is 16.9. The second-order valence-electron chi connectivity index (χ2n) is 4.45. The van der Waals surface area contributed by atoms with Gasteiger partial charge in [-0.15, -0.1) is 0 Å². The highest BCUT2D eigenvalue weighted by Gasteiger charge is 2.24. The summed E-state index contributed by atoms with van der Waals surface area (Å²) in [5.41, 5.74) is 0.800. The van der Waals surface area contributed by atoms with E-state index in [0.29, 0.717) is 24.3 Å². The van der Waals surface area contributed by atoms with Crippen LogP contribution in [0.25, 0.3) is 0 Å². The van der Waals surface area contributed by atoms with Crippen LogP contribution in [0.3, 0.4) is 0 Å². The van der Waals surface area contributed by atoms with E-state index >= 15 is 0 Å². The summed E-state index contributed by atoms with van der Waals surface area (Å²) in [7, 11) is 0. The number of carbonyl (C=O) groups excluding carboxylic acids is 1. The van der Waals surface area contributed by atoms with Gasteiger partial charge in [0.25, 0.3) is 5.69 Å².